The molecule has 0 spiro atoms. The molecule has 1 saturated carbocycles. The molecule has 4 nitrogen and oxygen atoms in total. The summed E-state index contributed by atoms with van der Waals surface area (Å²) in [7, 11) is 0. The van der Waals surface area contributed by atoms with Crippen LogP contribution < -0.4 is 4.74 Å². The van der Waals surface area contributed by atoms with E-state index in [1.54, 1.807) is 0 Å². The van der Waals surface area contributed by atoms with Crippen molar-refractivity contribution in [2.24, 2.45) is 5.92 Å². The summed E-state index contributed by atoms with van der Waals surface area (Å²) < 4.78 is 5.49. The largest absolute Gasteiger partial charge is 0.493 e. The van der Waals surface area contributed by atoms with Gasteiger partial charge in [-0.1, -0.05) is 0 Å². The molecular weight excluding hydrogens is 266 g/mol. The molecule has 0 aromatic heterocycles. The number of fused-ring (bicyclic) bond motifs is 1. The molecule has 4 heteroatoms. The maximum Gasteiger partial charge on any atom is 0.253 e. The number of nitrogens with zero attached hydrogens (tertiary/aromatic N) is 1. The highest BCUT2D eigenvalue weighted by Crippen LogP contribution is 2.45. The summed E-state index contributed by atoms with van der Waals surface area (Å²) in [5.74, 6) is 1.27. The number of carbonyl (C=O) groups excluding carboxylic acids is 1. The minimum Gasteiger partial charge on any atom is -0.493 e. The van der Waals surface area contributed by atoms with Gasteiger partial charge in [-0.25, -0.2) is 0 Å². The first-order valence-corrected chi connectivity index (χ1v) is 7.93. The Hall–Kier alpha value is -1.55. The zero-order valence-corrected chi connectivity index (χ0v) is 12.2. The molecule has 3 aliphatic rings. The maximum atomic E-state index is 12.7. The molecule has 4 rings (SSSR count). The Morgan fingerprint density at radius 3 is 3.05 bits per heavy atom. The number of piperidine rings is 1. The van der Waals surface area contributed by atoms with Gasteiger partial charge in [0, 0.05) is 31.0 Å². The lowest BCUT2D eigenvalue weighted by Gasteiger charge is -2.35. The molecule has 1 aliphatic carbocycles. The molecule has 1 aromatic carbocycles. The second-order valence-corrected chi connectivity index (χ2v) is 6.61. The summed E-state index contributed by atoms with van der Waals surface area (Å²) in [6.07, 6.45) is 4.72. The Labute approximate surface area is 124 Å². The SMILES string of the molecule is O=C(c1ccc2c(c1)CCO2)N1CCCC(C2(O)CC2)C1. The minimum absolute atomic E-state index is 0.0960. The van der Waals surface area contributed by atoms with Crippen LogP contribution in [0.2, 0.25) is 0 Å². The first-order valence-electron chi connectivity index (χ1n) is 7.93. The predicted molar refractivity (Wildman–Crippen MR) is 78.5 cm³/mol. The van der Waals surface area contributed by atoms with Gasteiger partial charge in [0.1, 0.15) is 5.75 Å². The van der Waals surface area contributed by atoms with Crippen LogP contribution in [-0.4, -0.2) is 41.2 Å². The van der Waals surface area contributed by atoms with Gasteiger partial charge in [0.15, 0.2) is 0 Å². The number of benzene rings is 1. The zero-order valence-electron chi connectivity index (χ0n) is 12.2. The van der Waals surface area contributed by atoms with Crippen LogP contribution >= 0.6 is 0 Å². The van der Waals surface area contributed by atoms with E-state index in [1.165, 1.54) is 0 Å². The van der Waals surface area contributed by atoms with Crippen molar-refractivity contribution in [1.82, 2.24) is 4.90 Å². The third-order valence-electron chi connectivity index (χ3n) is 5.17. The first-order chi connectivity index (χ1) is 10.2. The fraction of sp³-hybridized carbons (Fsp3) is 0.588. The second kappa shape index (κ2) is 4.73. The number of amides is 1. The van der Waals surface area contributed by atoms with Crippen LogP contribution in [0.3, 0.4) is 0 Å². The lowest BCUT2D eigenvalue weighted by molar-refractivity contribution is 0.0282. The number of carbonyl (C=O) groups is 1. The summed E-state index contributed by atoms with van der Waals surface area (Å²) in [6, 6.07) is 5.74. The quantitative estimate of drug-likeness (QED) is 0.905. The smallest absolute Gasteiger partial charge is 0.253 e. The Morgan fingerprint density at radius 2 is 2.24 bits per heavy atom. The van der Waals surface area contributed by atoms with Crippen molar-refractivity contribution in [1.29, 1.82) is 0 Å². The van der Waals surface area contributed by atoms with Crippen molar-refractivity contribution < 1.29 is 14.6 Å². The summed E-state index contributed by atoms with van der Waals surface area (Å²) in [5, 5.41) is 10.3. The van der Waals surface area contributed by atoms with E-state index in [1.807, 2.05) is 23.1 Å². The zero-order chi connectivity index (χ0) is 14.4. The molecule has 1 saturated heterocycles. The summed E-state index contributed by atoms with van der Waals surface area (Å²) in [5.41, 5.74) is 1.41. The molecule has 1 atom stereocenters. The Balaban J connectivity index is 1.51. The van der Waals surface area contributed by atoms with Crippen LogP contribution in [0.4, 0.5) is 0 Å². The van der Waals surface area contributed by atoms with Crippen LogP contribution in [0.15, 0.2) is 18.2 Å². The van der Waals surface area contributed by atoms with Gasteiger partial charge in [-0.15, -0.1) is 0 Å². The second-order valence-electron chi connectivity index (χ2n) is 6.61. The highest BCUT2D eigenvalue weighted by atomic mass is 16.5. The van der Waals surface area contributed by atoms with E-state index >= 15 is 0 Å². The van der Waals surface area contributed by atoms with Crippen molar-refractivity contribution in [3.8, 4) is 5.75 Å². The van der Waals surface area contributed by atoms with Crippen LogP contribution in [-0.2, 0) is 6.42 Å². The van der Waals surface area contributed by atoms with Crippen molar-refractivity contribution in [2.45, 2.75) is 37.7 Å². The van der Waals surface area contributed by atoms with Gasteiger partial charge in [0.25, 0.3) is 5.91 Å². The Kier molecular flexibility index (Phi) is 2.96. The molecule has 1 N–H and O–H groups in total. The third-order valence-corrected chi connectivity index (χ3v) is 5.17. The number of hydrogen-bond acceptors (Lipinski definition) is 3. The summed E-state index contributed by atoms with van der Waals surface area (Å²) in [6.45, 7) is 2.22. The molecular formula is C17H21NO3. The van der Waals surface area contributed by atoms with Crippen molar-refractivity contribution >= 4 is 5.91 Å². The van der Waals surface area contributed by atoms with E-state index in [-0.39, 0.29) is 11.8 Å². The fourth-order valence-corrected chi connectivity index (χ4v) is 3.64. The van der Waals surface area contributed by atoms with E-state index in [9.17, 15) is 9.90 Å². The molecule has 2 aliphatic heterocycles. The molecule has 0 bridgehead atoms. The van der Waals surface area contributed by atoms with Gasteiger partial charge in [0.05, 0.1) is 12.2 Å². The highest BCUT2D eigenvalue weighted by Gasteiger charge is 2.49. The Morgan fingerprint density at radius 1 is 1.38 bits per heavy atom. The number of rotatable bonds is 2. The maximum absolute atomic E-state index is 12.7. The van der Waals surface area contributed by atoms with Crippen LogP contribution in [0, 0.1) is 5.92 Å². The van der Waals surface area contributed by atoms with Crippen molar-refractivity contribution in [2.75, 3.05) is 19.7 Å². The van der Waals surface area contributed by atoms with Gasteiger partial charge in [0.2, 0.25) is 0 Å². The molecule has 21 heavy (non-hydrogen) atoms. The molecule has 2 fully saturated rings. The van der Waals surface area contributed by atoms with Crippen molar-refractivity contribution in [3.05, 3.63) is 29.3 Å². The molecule has 1 amide bonds. The average Bonchev–Trinajstić information content (AvgIpc) is 3.11. The topological polar surface area (TPSA) is 49.8 Å². The van der Waals surface area contributed by atoms with Gasteiger partial charge in [-0.05, 0) is 49.4 Å². The van der Waals surface area contributed by atoms with E-state index < -0.39 is 5.60 Å². The lowest BCUT2D eigenvalue weighted by atomic mass is 9.90. The van der Waals surface area contributed by atoms with E-state index in [4.69, 9.17) is 4.74 Å². The average molecular weight is 287 g/mol. The Bertz CT molecular complexity index is 579. The monoisotopic (exact) mass is 287 g/mol. The van der Waals surface area contributed by atoms with Gasteiger partial charge in [-0.2, -0.15) is 0 Å². The fourth-order valence-electron chi connectivity index (χ4n) is 3.64. The van der Waals surface area contributed by atoms with E-state index in [0.717, 1.165) is 55.5 Å². The normalized spacial score (nSPS) is 26.1. The molecule has 1 aromatic rings. The van der Waals surface area contributed by atoms with Crippen LogP contribution in [0.5, 0.6) is 5.75 Å². The number of hydrogen-bond donors (Lipinski definition) is 1. The number of likely N-dealkylation sites (tertiary alicyclic amines) is 1. The molecule has 1 unspecified atom stereocenters. The van der Waals surface area contributed by atoms with Crippen LogP contribution in [0.1, 0.15) is 41.6 Å². The highest BCUT2D eigenvalue weighted by molar-refractivity contribution is 5.94. The molecule has 112 valence electrons. The summed E-state index contributed by atoms with van der Waals surface area (Å²) >= 11 is 0. The van der Waals surface area contributed by atoms with Crippen molar-refractivity contribution in [3.63, 3.8) is 0 Å². The van der Waals surface area contributed by atoms with E-state index in [2.05, 4.69) is 0 Å². The standard InChI is InChI=1S/C17H21NO3/c19-16(13-3-4-15-12(10-13)5-9-21-15)18-8-1-2-14(11-18)17(20)6-7-17/h3-4,10,14,20H,1-2,5-9,11H2. The van der Waals surface area contributed by atoms with Gasteiger partial charge in [-0.3, -0.25) is 4.79 Å². The summed E-state index contributed by atoms with van der Waals surface area (Å²) in [4.78, 5) is 14.6. The third kappa shape index (κ3) is 2.31. The van der Waals surface area contributed by atoms with Crippen LogP contribution in [0.25, 0.3) is 0 Å². The molecule has 2 heterocycles. The lowest BCUT2D eigenvalue weighted by Crippen LogP contribution is -2.44. The van der Waals surface area contributed by atoms with Gasteiger partial charge >= 0.3 is 0 Å². The number of aliphatic hydroxyl groups is 1. The predicted octanol–water partition coefficient (Wildman–Crippen LogP) is 2.00. The van der Waals surface area contributed by atoms with Gasteiger partial charge < -0.3 is 14.7 Å². The van der Waals surface area contributed by atoms with E-state index in [0.29, 0.717) is 13.2 Å². The first kappa shape index (κ1) is 13.1. The number of ether oxygens (including phenoxy) is 1. The molecule has 0 radical (unpaired) electrons. The minimum atomic E-state index is -0.481.